The van der Waals surface area contributed by atoms with E-state index in [0.717, 1.165) is 17.9 Å². The maximum atomic E-state index is 5.35. The van der Waals surface area contributed by atoms with E-state index >= 15 is 0 Å². The quantitative estimate of drug-likeness (QED) is 0.512. The van der Waals surface area contributed by atoms with Gasteiger partial charge in [0.15, 0.2) is 0 Å². The highest BCUT2D eigenvalue weighted by atomic mass is 15.3. The third-order valence-electron chi connectivity index (χ3n) is 3.01. The third-order valence-corrected chi connectivity index (χ3v) is 3.01. The Balaban J connectivity index is 2.07. The molecule has 0 amide bonds. The van der Waals surface area contributed by atoms with Crippen molar-refractivity contribution in [3.8, 4) is 0 Å². The number of hydrazine groups is 1. The van der Waals surface area contributed by atoms with Gasteiger partial charge < -0.3 is 10.7 Å². The Labute approximate surface area is 89.5 Å². The molecule has 5 heteroatoms. The van der Waals surface area contributed by atoms with Gasteiger partial charge in [0.1, 0.15) is 18.0 Å². The predicted molar refractivity (Wildman–Crippen MR) is 60.4 cm³/mol. The van der Waals surface area contributed by atoms with Gasteiger partial charge in [-0.1, -0.05) is 6.92 Å². The van der Waals surface area contributed by atoms with E-state index < -0.39 is 0 Å². The van der Waals surface area contributed by atoms with Gasteiger partial charge in [0.2, 0.25) is 0 Å². The average molecular weight is 207 g/mol. The Hall–Kier alpha value is -1.36. The molecular formula is C10H17N5. The van der Waals surface area contributed by atoms with Gasteiger partial charge >= 0.3 is 0 Å². The Bertz CT molecular complexity index is 359. The summed E-state index contributed by atoms with van der Waals surface area (Å²) in [5.74, 6) is 6.89. The van der Waals surface area contributed by atoms with Crippen LogP contribution in [-0.4, -0.2) is 16.5 Å². The zero-order chi connectivity index (χ0) is 10.9. The molecule has 1 aromatic heterocycles. The molecule has 2 rings (SSSR count). The molecule has 5 nitrogen and oxygen atoms in total. The van der Waals surface area contributed by atoms with Crippen LogP contribution in [0, 0.1) is 12.3 Å². The number of hydrogen-bond acceptors (Lipinski definition) is 5. The van der Waals surface area contributed by atoms with E-state index in [1.807, 2.05) is 6.92 Å². The first-order valence-electron chi connectivity index (χ1n) is 5.17. The number of nitrogens with one attached hydrogen (secondary N) is 2. The normalized spacial score (nSPS) is 17.3. The zero-order valence-corrected chi connectivity index (χ0v) is 9.17. The van der Waals surface area contributed by atoms with E-state index in [0.29, 0.717) is 11.2 Å². The summed E-state index contributed by atoms with van der Waals surface area (Å²) in [5.41, 5.74) is 3.99. The molecule has 0 unspecified atom stereocenters. The van der Waals surface area contributed by atoms with Crippen molar-refractivity contribution in [3.05, 3.63) is 11.9 Å². The molecule has 0 spiro atoms. The predicted octanol–water partition coefficient (Wildman–Crippen LogP) is 1.28. The van der Waals surface area contributed by atoms with Crippen LogP contribution in [0.2, 0.25) is 0 Å². The average Bonchev–Trinajstić information content (AvgIpc) is 2.96. The van der Waals surface area contributed by atoms with E-state index in [-0.39, 0.29) is 0 Å². The fraction of sp³-hybridized carbons (Fsp3) is 0.600. The Kier molecular flexibility index (Phi) is 2.48. The second-order valence-corrected chi connectivity index (χ2v) is 4.50. The lowest BCUT2D eigenvalue weighted by Crippen LogP contribution is -2.16. The van der Waals surface area contributed by atoms with Crippen LogP contribution in [0.4, 0.5) is 11.6 Å². The minimum Gasteiger partial charge on any atom is -0.369 e. The molecule has 0 aliphatic heterocycles. The van der Waals surface area contributed by atoms with Crippen molar-refractivity contribution in [1.29, 1.82) is 0 Å². The summed E-state index contributed by atoms with van der Waals surface area (Å²) in [7, 11) is 0. The second-order valence-electron chi connectivity index (χ2n) is 4.50. The van der Waals surface area contributed by atoms with E-state index in [2.05, 4.69) is 27.6 Å². The van der Waals surface area contributed by atoms with Crippen molar-refractivity contribution in [2.45, 2.75) is 26.7 Å². The van der Waals surface area contributed by atoms with E-state index in [1.165, 1.54) is 19.2 Å². The van der Waals surface area contributed by atoms with Crippen molar-refractivity contribution in [1.82, 2.24) is 9.97 Å². The summed E-state index contributed by atoms with van der Waals surface area (Å²) in [4.78, 5) is 8.23. The molecule has 1 fully saturated rings. The molecule has 15 heavy (non-hydrogen) atoms. The van der Waals surface area contributed by atoms with Crippen LogP contribution in [0.1, 0.15) is 25.3 Å². The lowest BCUT2D eigenvalue weighted by Gasteiger charge is -2.13. The summed E-state index contributed by atoms with van der Waals surface area (Å²) in [6.45, 7) is 5.19. The van der Waals surface area contributed by atoms with Crippen molar-refractivity contribution >= 4 is 11.6 Å². The summed E-state index contributed by atoms with van der Waals surface area (Å²) in [6, 6.07) is 0. The fourth-order valence-electron chi connectivity index (χ4n) is 1.46. The maximum Gasteiger partial charge on any atom is 0.148 e. The van der Waals surface area contributed by atoms with E-state index in [4.69, 9.17) is 5.84 Å². The minimum atomic E-state index is 0.466. The molecule has 1 aliphatic carbocycles. The van der Waals surface area contributed by atoms with Gasteiger partial charge in [-0.25, -0.2) is 15.8 Å². The number of nitrogen functional groups attached to an aromatic ring is 1. The molecule has 0 aromatic carbocycles. The largest absolute Gasteiger partial charge is 0.369 e. The molecule has 0 radical (unpaired) electrons. The smallest absolute Gasteiger partial charge is 0.148 e. The molecular weight excluding hydrogens is 190 g/mol. The Morgan fingerprint density at radius 2 is 2.07 bits per heavy atom. The number of aromatic nitrogens is 2. The fourth-order valence-corrected chi connectivity index (χ4v) is 1.46. The number of nitrogens with zero attached hydrogens (tertiary/aromatic N) is 2. The summed E-state index contributed by atoms with van der Waals surface area (Å²) < 4.78 is 0. The lowest BCUT2D eigenvalue weighted by molar-refractivity contribution is 0.609. The first-order valence-corrected chi connectivity index (χ1v) is 5.17. The van der Waals surface area contributed by atoms with Crippen LogP contribution in [0.3, 0.4) is 0 Å². The molecule has 1 aliphatic rings. The SMILES string of the molecule is Cc1c(NN)ncnc1NCC1(C)CC1. The first-order chi connectivity index (χ1) is 7.14. The summed E-state index contributed by atoms with van der Waals surface area (Å²) in [5, 5.41) is 3.34. The molecule has 1 aromatic rings. The van der Waals surface area contributed by atoms with Gasteiger partial charge in [-0.2, -0.15) is 0 Å². The van der Waals surface area contributed by atoms with Crippen molar-refractivity contribution in [2.24, 2.45) is 11.3 Å². The van der Waals surface area contributed by atoms with Crippen molar-refractivity contribution in [2.75, 3.05) is 17.3 Å². The second kappa shape index (κ2) is 3.66. The van der Waals surface area contributed by atoms with E-state index in [9.17, 15) is 0 Å². The highest BCUT2D eigenvalue weighted by Crippen LogP contribution is 2.44. The lowest BCUT2D eigenvalue weighted by atomic mass is 10.1. The zero-order valence-electron chi connectivity index (χ0n) is 9.17. The Morgan fingerprint density at radius 1 is 1.40 bits per heavy atom. The third kappa shape index (κ3) is 2.18. The molecule has 0 atom stereocenters. The molecule has 4 N–H and O–H groups in total. The molecule has 82 valence electrons. The van der Waals surface area contributed by atoms with Gasteiger partial charge in [-0.15, -0.1) is 0 Å². The van der Waals surface area contributed by atoms with Gasteiger partial charge in [-0.05, 0) is 25.2 Å². The van der Waals surface area contributed by atoms with Crippen LogP contribution in [0.25, 0.3) is 0 Å². The maximum absolute atomic E-state index is 5.35. The van der Waals surface area contributed by atoms with Crippen LogP contribution < -0.4 is 16.6 Å². The topological polar surface area (TPSA) is 75.9 Å². The molecule has 1 saturated carbocycles. The number of hydrogen-bond donors (Lipinski definition) is 3. The van der Waals surface area contributed by atoms with Crippen LogP contribution in [-0.2, 0) is 0 Å². The highest BCUT2D eigenvalue weighted by Gasteiger charge is 2.36. The van der Waals surface area contributed by atoms with Crippen LogP contribution >= 0.6 is 0 Å². The number of rotatable bonds is 4. The minimum absolute atomic E-state index is 0.466. The summed E-state index contributed by atoms with van der Waals surface area (Å²) >= 11 is 0. The summed E-state index contributed by atoms with van der Waals surface area (Å²) in [6.07, 6.45) is 4.11. The number of nitrogens with two attached hydrogens (primary N) is 1. The first kappa shape index (κ1) is 10.2. The van der Waals surface area contributed by atoms with Crippen molar-refractivity contribution in [3.63, 3.8) is 0 Å². The Morgan fingerprint density at radius 3 is 2.67 bits per heavy atom. The molecule has 0 saturated heterocycles. The molecule has 1 heterocycles. The van der Waals surface area contributed by atoms with E-state index in [1.54, 1.807) is 0 Å². The van der Waals surface area contributed by atoms with Crippen LogP contribution in [0.5, 0.6) is 0 Å². The van der Waals surface area contributed by atoms with Gasteiger partial charge in [-0.3, -0.25) is 0 Å². The van der Waals surface area contributed by atoms with Gasteiger partial charge in [0.05, 0.1) is 0 Å². The van der Waals surface area contributed by atoms with Gasteiger partial charge in [0.25, 0.3) is 0 Å². The highest BCUT2D eigenvalue weighted by molar-refractivity contribution is 5.55. The molecule has 0 bridgehead atoms. The number of anilines is 2. The van der Waals surface area contributed by atoms with Crippen LogP contribution in [0.15, 0.2) is 6.33 Å². The standard InChI is InChI=1S/C10H17N5/c1-7-8(12-5-10(2)3-4-10)13-6-14-9(7)15-11/h6H,3-5,11H2,1-2H3,(H2,12,13,14,15). The monoisotopic (exact) mass is 207 g/mol. The van der Waals surface area contributed by atoms with Gasteiger partial charge in [0, 0.05) is 12.1 Å². The van der Waals surface area contributed by atoms with Crippen molar-refractivity contribution < 1.29 is 0 Å².